The number of benzene rings is 1. The van der Waals surface area contributed by atoms with Gasteiger partial charge in [0.25, 0.3) is 0 Å². The average molecular weight is 787 g/mol. The molecule has 10 atom stereocenters. The molecule has 1 heterocycles. The van der Waals surface area contributed by atoms with E-state index in [1.54, 1.807) is 44.8 Å². The maximum atomic E-state index is 14.3. The van der Waals surface area contributed by atoms with E-state index in [2.05, 4.69) is 20.7 Å². The summed E-state index contributed by atoms with van der Waals surface area (Å²) in [6.45, 7) is 11.5. The lowest BCUT2D eigenvalue weighted by Gasteiger charge is -2.41. The second-order valence-corrected chi connectivity index (χ2v) is 15.4. The van der Waals surface area contributed by atoms with E-state index in [1.165, 1.54) is 26.2 Å². The van der Waals surface area contributed by atoms with Gasteiger partial charge in [-0.05, 0) is 49.9 Å². The molecule has 1 saturated heterocycles. The Bertz CT molecular complexity index is 1480. The molecule has 0 saturated carbocycles. The van der Waals surface area contributed by atoms with Crippen LogP contribution in [-0.2, 0) is 44.6 Å². The second-order valence-electron chi connectivity index (χ2n) is 15.4. The van der Waals surface area contributed by atoms with Crippen molar-refractivity contribution in [3.8, 4) is 0 Å². The van der Waals surface area contributed by atoms with Gasteiger partial charge >= 0.3 is 5.97 Å². The first-order chi connectivity index (χ1) is 26.5. The number of ether oxygens (including phenoxy) is 3. The van der Waals surface area contributed by atoms with Crippen LogP contribution in [0.4, 0.5) is 0 Å². The summed E-state index contributed by atoms with van der Waals surface area (Å²) in [5, 5.41) is 9.47. The Hall–Kier alpha value is -4.24. The number of nitrogens with zero attached hydrogens (tertiary/aromatic N) is 6. The Morgan fingerprint density at radius 2 is 1.61 bits per heavy atom. The predicted molar refractivity (Wildman–Crippen MR) is 213 cm³/mol. The molecule has 56 heavy (non-hydrogen) atoms. The van der Waals surface area contributed by atoms with Crippen LogP contribution in [0.1, 0.15) is 72.8 Å². The quantitative estimate of drug-likeness (QED) is 0.0765. The number of nitrogens with one attached hydrogen (secondary N) is 2. The van der Waals surface area contributed by atoms with Gasteiger partial charge in [0.1, 0.15) is 12.1 Å². The van der Waals surface area contributed by atoms with Crippen molar-refractivity contribution in [3.63, 3.8) is 0 Å². The van der Waals surface area contributed by atoms with Gasteiger partial charge in [-0.25, -0.2) is 4.79 Å². The molecule has 0 spiro atoms. The topological polar surface area (TPSA) is 196 Å². The summed E-state index contributed by atoms with van der Waals surface area (Å²) in [7, 11) is 9.46. The summed E-state index contributed by atoms with van der Waals surface area (Å²) < 4.78 is 16.9. The smallest absolute Gasteiger partial charge is 0.328 e. The highest BCUT2D eigenvalue weighted by Crippen LogP contribution is 2.30. The van der Waals surface area contributed by atoms with Crippen molar-refractivity contribution in [1.82, 2.24) is 25.3 Å². The molecule has 4 amide bonds. The summed E-state index contributed by atoms with van der Waals surface area (Å²) in [5.41, 5.74) is 10.1. The minimum absolute atomic E-state index is 0.0640. The Morgan fingerprint density at radius 1 is 0.964 bits per heavy atom. The van der Waals surface area contributed by atoms with E-state index >= 15 is 0 Å². The number of rotatable bonds is 22. The average Bonchev–Trinajstić information content (AvgIpc) is 3.65. The van der Waals surface area contributed by atoms with E-state index in [4.69, 9.17) is 14.2 Å². The zero-order chi connectivity index (χ0) is 42.3. The van der Waals surface area contributed by atoms with Crippen molar-refractivity contribution in [1.29, 1.82) is 0 Å². The molecule has 1 aliphatic rings. The number of methoxy groups -OCH3 is 3. The van der Waals surface area contributed by atoms with E-state index < -0.39 is 72.2 Å². The molecule has 1 fully saturated rings. The van der Waals surface area contributed by atoms with Gasteiger partial charge in [0, 0.05) is 39.1 Å². The summed E-state index contributed by atoms with van der Waals surface area (Å²) in [6, 6.07) is 4.74. The van der Waals surface area contributed by atoms with E-state index in [-0.39, 0.29) is 36.5 Å². The first-order valence-corrected chi connectivity index (χ1v) is 19.5. The molecule has 0 bridgehead atoms. The fraction of sp³-hybridized carbons (Fsp3) is 0.725. The number of hydrogen-bond acceptors (Lipinski definition) is 10. The molecule has 0 aromatic heterocycles. The number of azide groups is 1. The number of carbonyl (C=O) groups is 5. The van der Waals surface area contributed by atoms with Crippen LogP contribution in [0, 0.1) is 17.8 Å². The van der Waals surface area contributed by atoms with Gasteiger partial charge < -0.3 is 34.6 Å². The summed E-state index contributed by atoms with van der Waals surface area (Å²) in [6.07, 6.45) is 0.682. The molecule has 2 N–H and O–H groups in total. The first-order valence-electron chi connectivity index (χ1n) is 19.5. The van der Waals surface area contributed by atoms with Crippen molar-refractivity contribution < 1.29 is 38.2 Å². The standard InChI is InChI=1S/C40H66N8O8/c1-13-25(4)35(47(9)39(52)33(27(6)44-45-41)43-38(51)34(24(2)3)46(7)8)31(54-10)23-32(49)48-21-17-20-30(48)36(55-11)26(5)37(50)42-29(40(53)56-12)22-28-18-15-14-16-19-28/h14-16,18-19,24-27,29-31,33-36H,13,17,20-23H2,1-12H3,(H,42,50)(H,43,51)/t25?,26?,27?,29?,30-,31?,33?,34?,35?,36?/m0/s1. The van der Waals surface area contributed by atoms with Crippen LogP contribution in [0.5, 0.6) is 0 Å². The maximum Gasteiger partial charge on any atom is 0.328 e. The van der Waals surface area contributed by atoms with Gasteiger partial charge in [-0.1, -0.05) is 83.4 Å². The lowest BCUT2D eigenvalue weighted by Crippen LogP contribution is -2.60. The summed E-state index contributed by atoms with van der Waals surface area (Å²) in [4.78, 5) is 76.3. The van der Waals surface area contributed by atoms with Gasteiger partial charge in [-0.15, -0.1) is 0 Å². The molecule has 16 heteroatoms. The number of likely N-dealkylation sites (N-methyl/N-ethyl adjacent to an activating group) is 2. The van der Waals surface area contributed by atoms with Crippen LogP contribution in [0.2, 0.25) is 0 Å². The van der Waals surface area contributed by atoms with Crippen molar-refractivity contribution >= 4 is 29.6 Å². The Labute approximate surface area is 332 Å². The molecule has 314 valence electrons. The van der Waals surface area contributed by atoms with Gasteiger partial charge in [0.05, 0.1) is 55.8 Å². The van der Waals surface area contributed by atoms with Crippen molar-refractivity contribution in [2.45, 2.75) is 122 Å². The van der Waals surface area contributed by atoms with Crippen LogP contribution >= 0.6 is 0 Å². The highest BCUT2D eigenvalue weighted by atomic mass is 16.5. The van der Waals surface area contributed by atoms with Crippen molar-refractivity contribution in [2.75, 3.05) is 49.0 Å². The highest BCUT2D eigenvalue weighted by molar-refractivity contribution is 5.91. The third-order valence-corrected chi connectivity index (χ3v) is 11.1. The molecular weight excluding hydrogens is 720 g/mol. The van der Waals surface area contributed by atoms with Gasteiger partial charge in [-0.2, -0.15) is 0 Å². The predicted octanol–water partition coefficient (Wildman–Crippen LogP) is 3.58. The number of likely N-dealkylation sites (tertiary alicyclic amines) is 1. The van der Waals surface area contributed by atoms with Crippen LogP contribution in [0.25, 0.3) is 10.4 Å². The maximum absolute atomic E-state index is 14.3. The largest absolute Gasteiger partial charge is 0.467 e. The highest BCUT2D eigenvalue weighted by Gasteiger charge is 2.43. The van der Waals surface area contributed by atoms with E-state index in [9.17, 15) is 29.5 Å². The second kappa shape index (κ2) is 23.1. The number of esters is 1. The fourth-order valence-electron chi connectivity index (χ4n) is 7.92. The molecular formula is C40H66N8O8. The zero-order valence-electron chi connectivity index (χ0n) is 35.4. The van der Waals surface area contributed by atoms with Crippen LogP contribution < -0.4 is 10.6 Å². The number of amides is 4. The number of carbonyl (C=O) groups excluding carboxylic acids is 5. The third-order valence-electron chi connectivity index (χ3n) is 11.1. The summed E-state index contributed by atoms with van der Waals surface area (Å²) >= 11 is 0. The normalized spacial score (nSPS) is 19.0. The molecule has 0 aliphatic carbocycles. The molecule has 2 rings (SSSR count). The van der Waals surface area contributed by atoms with Crippen LogP contribution in [-0.4, -0.2) is 142 Å². The van der Waals surface area contributed by atoms with E-state index in [0.717, 1.165) is 5.56 Å². The van der Waals surface area contributed by atoms with Crippen molar-refractivity contribution in [3.05, 3.63) is 46.3 Å². The molecule has 1 aliphatic heterocycles. The van der Waals surface area contributed by atoms with E-state index in [0.29, 0.717) is 25.8 Å². The minimum atomic E-state index is -1.17. The van der Waals surface area contributed by atoms with Crippen molar-refractivity contribution in [2.24, 2.45) is 22.9 Å². The van der Waals surface area contributed by atoms with Crippen LogP contribution in [0.15, 0.2) is 35.4 Å². The lowest BCUT2D eigenvalue weighted by molar-refractivity contribution is -0.148. The zero-order valence-corrected chi connectivity index (χ0v) is 35.4. The first kappa shape index (κ1) is 47.9. The molecule has 1 aromatic carbocycles. The molecule has 9 unspecified atom stereocenters. The Balaban J connectivity index is 2.34. The number of hydrogen-bond donors (Lipinski definition) is 2. The van der Waals surface area contributed by atoms with Gasteiger partial charge in [-0.3, -0.25) is 24.1 Å². The molecule has 0 radical (unpaired) electrons. The lowest BCUT2D eigenvalue weighted by atomic mass is 9.89. The molecule has 16 nitrogen and oxygen atoms in total. The van der Waals surface area contributed by atoms with Gasteiger partial charge in [0.2, 0.25) is 23.6 Å². The summed E-state index contributed by atoms with van der Waals surface area (Å²) in [5.74, 6) is -2.98. The minimum Gasteiger partial charge on any atom is -0.467 e. The third kappa shape index (κ3) is 12.6. The van der Waals surface area contributed by atoms with Crippen LogP contribution in [0.3, 0.4) is 0 Å². The SMILES string of the molecule is CCC(C)C(C(CC(=O)N1CCC[C@H]1C(OC)C(C)C(=O)NC(Cc1ccccc1)C(=O)OC)OC)N(C)C(=O)C(NC(=O)C(C(C)C)N(C)C)C(C)N=[N+]=[N-]. The monoisotopic (exact) mass is 787 g/mol. The van der Waals surface area contributed by atoms with E-state index in [1.807, 2.05) is 58.0 Å². The fourth-order valence-corrected chi connectivity index (χ4v) is 7.92. The Kier molecular flexibility index (Phi) is 19.8. The Morgan fingerprint density at radius 3 is 2.12 bits per heavy atom. The molecule has 1 aromatic rings. The van der Waals surface area contributed by atoms with Gasteiger partial charge in [0.15, 0.2) is 0 Å².